The third-order valence-corrected chi connectivity index (χ3v) is 4.45. The Morgan fingerprint density at radius 2 is 1.73 bits per heavy atom. The molecule has 0 saturated carbocycles. The summed E-state index contributed by atoms with van der Waals surface area (Å²) in [6, 6.07) is 5.51. The van der Waals surface area contributed by atoms with Gasteiger partial charge in [-0.05, 0) is 49.4 Å². The number of halogens is 3. The van der Waals surface area contributed by atoms with Crippen molar-refractivity contribution in [2.45, 2.75) is 39.0 Å². The Labute approximate surface area is 150 Å². The largest absolute Gasteiger partial charge is 0.416 e. The summed E-state index contributed by atoms with van der Waals surface area (Å²) in [6.07, 6.45) is -4.32. The lowest BCUT2D eigenvalue weighted by atomic mass is 10.1. The third-order valence-electron chi connectivity index (χ3n) is 4.45. The first-order valence-electron chi connectivity index (χ1n) is 8.57. The Kier molecular flexibility index (Phi) is 4.92. The highest BCUT2D eigenvalue weighted by atomic mass is 19.4. The molecule has 1 aliphatic heterocycles. The van der Waals surface area contributed by atoms with E-state index in [1.165, 1.54) is 12.1 Å². The summed E-state index contributed by atoms with van der Waals surface area (Å²) >= 11 is 0. The number of hydrogen-bond donors (Lipinski definition) is 0. The summed E-state index contributed by atoms with van der Waals surface area (Å²) < 4.78 is 40.5. The lowest BCUT2D eigenvalue weighted by molar-refractivity contribution is -0.137. The van der Waals surface area contributed by atoms with Crippen LogP contribution in [-0.4, -0.2) is 51.3 Å². The summed E-state index contributed by atoms with van der Waals surface area (Å²) in [5.74, 6) is 0.796. The summed E-state index contributed by atoms with van der Waals surface area (Å²) in [5, 5.41) is 11.9. The average molecular weight is 368 g/mol. The molecule has 1 fully saturated rings. The number of tetrazole rings is 1. The van der Waals surface area contributed by atoms with Gasteiger partial charge in [-0.3, -0.25) is 4.90 Å². The predicted octanol–water partition coefficient (Wildman–Crippen LogP) is 2.77. The van der Waals surface area contributed by atoms with Gasteiger partial charge in [-0.2, -0.15) is 13.2 Å². The quantitative estimate of drug-likeness (QED) is 0.834. The van der Waals surface area contributed by atoms with Crippen LogP contribution in [0, 0.1) is 0 Å². The standard InChI is InChI=1S/C17H23F3N6/c1-16(2,3)26-15(21-22-23-26)12-24-7-9-25(10-8-24)14-6-4-5-13(11-14)17(18,19)20/h4-6,11H,7-10,12H2,1-3H3. The minimum atomic E-state index is -4.32. The molecule has 6 nitrogen and oxygen atoms in total. The predicted molar refractivity (Wildman–Crippen MR) is 91.7 cm³/mol. The van der Waals surface area contributed by atoms with Crippen molar-refractivity contribution in [3.8, 4) is 0 Å². The zero-order valence-electron chi connectivity index (χ0n) is 15.2. The second kappa shape index (κ2) is 6.86. The van der Waals surface area contributed by atoms with E-state index >= 15 is 0 Å². The maximum Gasteiger partial charge on any atom is 0.416 e. The number of nitrogens with zero attached hydrogens (tertiary/aromatic N) is 6. The molecule has 0 spiro atoms. The van der Waals surface area contributed by atoms with E-state index in [4.69, 9.17) is 0 Å². The first-order valence-corrected chi connectivity index (χ1v) is 8.57. The fraction of sp³-hybridized carbons (Fsp3) is 0.588. The molecule has 0 N–H and O–H groups in total. The Balaban J connectivity index is 1.63. The van der Waals surface area contributed by atoms with Crippen LogP contribution in [0.2, 0.25) is 0 Å². The Morgan fingerprint density at radius 1 is 1.04 bits per heavy atom. The lowest BCUT2D eigenvalue weighted by Gasteiger charge is -2.36. The highest BCUT2D eigenvalue weighted by Crippen LogP contribution is 2.32. The van der Waals surface area contributed by atoms with Crippen molar-refractivity contribution in [2.24, 2.45) is 0 Å². The van der Waals surface area contributed by atoms with E-state index in [1.54, 1.807) is 6.07 Å². The van der Waals surface area contributed by atoms with Gasteiger partial charge in [0.05, 0.1) is 17.6 Å². The van der Waals surface area contributed by atoms with Crippen molar-refractivity contribution >= 4 is 5.69 Å². The van der Waals surface area contributed by atoms with E-state index in [0.717, 1.165) is 25.0 Å². The van der Waals surface area contributed by atoms with Crippen molar-refractivity contribution in [1.29, 1.82) is 0 Å². The molecule has 1 aromatic heterocycles. The zero-order valence-corrected chi connectivity index (χ0v) is 15.2. The van der Waals surface area contributed by atoms with E-state index in [0.29, 0.717) is 25.3 Å². The first kappa shape index (κ1) is 18.6. The van der Waals surface area contributed by atoms with Crippen LogP contribution in [0.15, 0.2) is 24.3 Å². The number of aromatic nitrogens is 4. The van der Waals surface area contributed by atoms with Crippen molar-refractivity contribution in [3.05, 3.63) is 35.7 Å². The number of rotatable bonds is 3. The molecule has 0 aliphatic carbocycles. The molecule has 0 bridgehead atoms. The molecule has 1 aromatic carbocycles. The summed E-state index contributed by atoms with van der Waals surface area (Å²) in [5.41, 5.74) is -0.195. The fourth-order valence-corrected chi connectivity index (χ4v) is 3.07. The molecule has 0 radical (unpaired) electrons. The first-order chi connectivity index (χ1) is 12.1. The lowest BCUT2D eigenvalue weighted by Crippen LogP contribution is -2.46. The Hall–Kier alpha value is -2.16. The average Bonchev–Trinajstić information content (AvgIpc) is 3.03. The molecular weight excluding hydrogens is 345 g/mol. The van der Waals surface area contributed by atoms with Crippen molar-refractivity contribution in [2.75, 3.05) is 31.1 Å². The molecule has 9 heteroatoms. The van der Waals surface area contributed by atoms with Gasteiger partial charge in [0.2, 0.25) is 0 Å². The van der Waals surface area contributed by atoms with Gasteiger partial charge in [0.15, 0.2) is 5.82 Å². The molecule has 1 aliphatic rings. The second-order valence-corrected chi connectivity index (χ2v) is 7.49. The molecular formula is C17H23F3N6. The minimum Gasteiger partial charge on any atom is -0.369 e. The van der Waals surface area contributed by atoms with Crippen LogP contribution in [0.3, 0.4) is 0 Å². The van der Waals surface area contributed by atoms with Gasteiger partial charge in [0.1, 0.15) is 0 Å². The van der Waals surface area contributed by atoms with E-state index in [1.807, 2.05) is 30.4 Å². The van der Waals surface area contributed by atoms with E-state index < -0.39 is 11.7 Å². The number of hydrogen-bond acceptors (Lipinski definition) is 5. The maximum absolute atomic E-state index is 12.9. The van der Waals surface area contributed by atoms with Gasteiger partial charge in [-0.15, -0.1) is 5.10 Å². The van der Waals surface area contributed by atoms with Gasteiger partial charge in [0, 0.05) is 31.9 Å². The number of alkyl halides is 3. The van der Waals surface area contributed by atoms with Crippen LogP contribution in [-0.2, 0) is 18.3 Å². The Bertz CT molecular complexity index is 741. The van der Waals surface area contributed by atoms with Crippen LogP contribution < -0.4 is 4.90 Å². The fourth-order valence-electron chi connectivity index (χ4n) is 3.07. The molecule has 2 heterocycles. The normalized spacial score (nSPS) is 16.9. The van der Waals surface area contributed by atoms with Crippen LogP contribution >= 0.6 is 0 Å². The molecule has 2 aromatic rings. The molecule has 3 rings (SSSR count). The number of piperazine rings is 1. The van der Waals surface area contributed by atoms with E-state index in [9.17, 15) is 13.2 Å². The van der Waals surface area contributed by atoms with Gasteiger partial charge in [0.25, 0.3) is 0 Å². The topological polar surface area (TPSA) is 50.1 Å². The zero-order chi connectivity index (χ0) is 18.9. The molecule has 0 unspecified atom stereocenters. The second-order valence-electron chi connectivity index (χ2n) is 7.49. The van der Waals surface area contributed by atoms with Gasteiger partial charge < -0.3 is 4.90 Å². The minimum absolute atomic E-state index is 0.196. The monoisotopic (exact) mass is 368 g/mol. The summed E-state index contributed by atoms with van der Waals surface area (Å²) in [4.78, 5) is 4.20. The van der Waals surface area contributed by atoms with Crippen LogP contribution in [0.25, 0.3) is 0 Å². The van der Waals surface area contributed by atoms with Crippen LogP contribution in [0.4, 0.5) is 18.9 Å². The highest BCUT2D eigenvalue weighted by molar-refractivity contribution is 5.49. The molecule has 1 saturated heterocycles. The van der Waals surface area contributed by atoms with Crippen molar-refractivity contribution in [1.82, 2.24) is 25.1 Å². The van der Waals surface area contributed by atoms with Gasteiger partial charge in [-0.1, -0.05) is 6.07 Å². The van der Waals surface area contributed by atoms with E-state index in [-0.39, 0.29) is 5.54 Å². The molecule has 0 amide bonds. The molecule has 26 heavy (non-hydrogen) atoms. The highest BCUT2D eigenvalue weighted by Gasteiger charge is 2.31. The molecule has 142 valence electrons. The van der Waals surface area contributed by atoms with Crippen molar-refractivity contribution in [3.63, 3.8) is 0 Å². The van der Waals surface area contributed by atoms with Gasteiger partial charge in [-0.25, -0.2) is 4.68 Å². The maximum atomic E-state index is 12.9. The third kappa shape index (κ3) is 4.14. The Morgan fingerprint density at radius 3 is 2.35 bits per heavy atom. The van der Waals surface area contributed by atoms with Gasteiger partial charge >= 0.3 is 6.18 Å². The summed E-state index contributed by atoms with van der Waals surface area (Å²) in [7, 11) is 0. The van der Waals surface area contributed by atoms with E-state index in [2.05, 4.69) is 20.4 Å². The number of anilines is 1. The van der Waals surface area contributed by atoms with Crippen molar-refractivity contribution < 1.29 is 13.2 Å². The van der Waals surface area contributed by atoms with Crippen LogP contribution in [0.5, 0.6) is 0 Å². The van der Waals surface area contributed by atoms with Crippen LogP contribution in [0.1, 0.15) is 32.2 Å². The SMILES string of the molecule is CC(C)(C)n1nnnc1CN1CCN(c2cccc(C(F)(F)F)c2)CC1. The smallest absolute Gasteiger partial charge is 0.369 e. The number of benzene rings is 1. The summed E-state index contributed by atoms with van der Waals surface area (Å²) in [6.45, 7) is 9.56. The molecule has 0 atom stereocenters.